The van der Waals surface area contributed by atoms with Crippen molar-refractivity contribution in [1.29, 1.82) is 0 Å². The quantitative estimate of drug-likeness (QED) is 0.128. The van der Waals surface area contributed by atoms with Crippen LogP contribution < -0.4 is 5.32 Å². The Hall–Kier alpha value is -5.42. The van der Waals surface area contributed by atoms with E-state index in [4.69, 9.17) is 23.7 Å². The molecular weight excluding hydrogens is 1040 g/mol. The van der Waals surface area contributed by atoms with Gasteiger partial charge in [0, 0.05) is 49.4 Å². The topological polar surface area (TPSA) is 295 Å². The zero-order chi connectivity index (χ0) is 58.8. The van der Waals surface area contributed by atoms with Crippen molar-refractivity contribution in [3.63, 3.8) is 0 Å². The zero-order valence-electron chi connectivity index (χ0n) is 46.6. The van der Waals surface area contributed by atoms with Gasteiger partial charge in [0.1, 0.15) is 24.9 Å². The molecule has 11 N–H and O–H groups in total. The lowest BCUT2D eigenvalue weighted by Gasteiger charge is -2.46. The molecular formula is C63H85NO17. The molecule has 0 radical (unpaired) electrons. The summed E-state index contributed by atoms with van der Waals surface area (Å²) in [6.07, 6.45) is 6.06. The average Bonchev–Trinajstić information content (AvgIpc) is 3.78. The molecule has 0 aromatic heterocycles. The predicted molar refractivity (Wildman–Crippen MR) is 304 cm³/mol. The molecule has 0 saturated carbocycles. The second kappa shape index (κ2) is 31.3. The Kier molecular flexibility index (Phi) is 25.0. The second-order valence-corrected chi connectivity index (χ2v) is 21.9. The van der Waals surface area contributed by atoms with E-state index in [1.807, 2.05) is 98.0 Å². The van der Waals surface area contributed by atoms with Gasteiger partial charge in [-0.15, -0.1) is 6.58 Å². The van der Waals surface area contributed by atoms with Crippen LogP contribution in [0.15, 0.2) is 146 Å². The number of nitrogens with one attached hydrogen (secondary N) is 1. The standard InChI is InChI=1S/C63H85NO17/c1-6-46-54(70)36-63(76)35-44(67)32-53(69)52(68)30-29-42(65)31-43(66)33-56(71)78-40(4)39(3)58(72)38(2)23-17-15-13-11-9-7-8-10-12-14-16-18-24-45(34-55(46)81-63)80-61-60(74)57(59(73)41(5)79-61)64-62(75)77-37-51-49-27-21-19-25-47(49)48-26-20-22-28-50(48)51/h6-28,38-46,51-55,57-61,65-70,72-74,76H,1,29-37H2,2-5H3,(H,64,75)/t38-,39-,40-,41+,42+,43+,44-,45-,46+,52+,53+,54-,55-,57-,58+,59+,60-,61-,63+/m0/s1. The third-order valence-corrected chi connectivity index (χ3v) is 15.6. The first kappa shape index (κ1) is 64.7. The molecule has 81 heavy (non-hydrogen) atoms. The lowest BCUT2D eigenvalue weighted by Crippen LogP contribution is -2.64. The van der Waals surface area contributed by atoms with E-state index in [0.29, 0.717) is 0 Å². The fourth-order valence-electron chi connectivity index (χ4n) is 10.9. The highest BCUT2D eigenvalue weighted by Gasteiger charge is 2.49. The highest BCUT2D eigenvalue weighted by molar-refractivity contribution is 5.79. The molecule has 3 heterocycles. The number of benzene rings is 2. The smallest absolute Gasteiger partial charge is 0.407 e. The van der Waals surface area contributed by atoms with Crippen molar-refractivity contribution in [1.82, 2.24) is 5.32 Å². The van der Waals surface area contributed by atoms with Gasteiger partial charge in [-0.25, -0.2) is 4.79 Å². The minimum absolute atomic E-state index is 0.0148. The summed E-state index contributed by atoms with van der Waals surface area (Å²) in [5.74, 6) is -4.65. The summed E-state index contributed by atoms with van der Waals surface area (Å²) in [5.41, 5.74) is 4.10. The monoisotopic (exact) mass is 1130 g/mol. The summed E-state index contributed by atoms with van der Waals surface area (Å²) >= 11 is 0. The second-order valence-electron chi connectivity index (χ2n) is 21.9. The van der Waals surface area contributed by atoms with Crippen LogP contribution in [-0.4, -0.2) is 167 Å². The van der Waals surface area contributed by atoms with Gasteiger partial charge in [0.05, 0.1) is 73.5 Å². The van der Waals surface area contributed by atoms with Gasteiger partial charge in [0.15, 0.2) is 12.1 Å². The van der Waals surface area contributed by atoms with E-state index in [1.54, 1.807) is 63.3 Å². The number of ether oxygens (including phenoxy) is 5. The number of fused-ring (bicyclic) bond motifs is 5. The largest absolute Gasteiger partial charge is 0.462 e. The van der Waals surface area contributed by atoms with Crippen LogP contribution in [0.25, 0.3) is 11.1 Å². The fraction of sp³-hybridized carbons (Fsp3) is 0.524. The van der Waals surface area contributed by atoms with Crippen LogP contribution in [0.2, 0.25) is 0 Å². The SMILES string of the molecule is C=C[C@H]1[C@@H]2C[C@@H](O[C@@H]3O[C@H](C)[C@@H](O)[C@H](NC(=O)OCC4c5ccccc5-c5ccccc54)[C@@H]3O)C=CC=CC=CC=CC=CC=CC=C[C@H](C)[C@@H](O)[C@@H](C)[C@H](C)OC(=O)C[C@H](O)C[C@H](O)CC[C@@H](O)[C@H](O)C[C@H](O)C[C@](O)(C[C@@H]1O)O2. The Morgan fingerprint density at radius 2 is 1.25 bits per heavy atom. The molecule has 0 unspecified atom stereocenters. The number of esters is 1. The molecule has 2 saturated heterocycles. The van der Waals surface area contributed by atoms with Gasteiger partial charge in [-0.2, -0.15) is 0 Å². The molecule has 444 valence electrons. The molecule has 6 rings (SSSR count). The third kappa shape index (κ3) is 18.8. The fourth-order valence-corrected chi connectivity index (χ4v) is 10.9. The maximum atomic E-state index is 13.5. The maximum absolute atomic E-state index is 13.5. The third-order valence-electron chi connectivity index (χ3n) is 15.6. The first-order valence-electron chi connectivity index (χ1n) is 28.1. The molecule has 3 aliphatic heterocycles. The van der Waals surface area contributed by atoms with E-state index in [1.165, 1.54) is 6.08 Å². The van der Waals surface area contributed by atoms with Crippen molar-refractivity contribution >= 4 is 12.1 Å². The van der Waals surface area contributed by atoms with Crippen LogP contribution in [0.4, 0.5) is 4.79 Å². The highest BCUT2D eigenvalue weighted by Crippen LogP contribution is 2.45. The molecule has 18 nitrogen and oxygen atoms in total. The molecule has 2 aromatic rings. The zero-order valence-corrected chi connectivity index (χ0v) is 46.6. The number of cyclic esters (lactones) is 1. The Morgan fingerprint density at radius 1 is 0.667 bits per heavy atom. The minimum atomic E-state index is -2.17. The molecule has 18 heteroatoms. The Labute approximate surface area is 475 Å². The van der Waals surface area contributed by atoms with Crippen molar-refractivity contribution in [3.8, 4) is 11.1 Å². The van der Waals surface area contributed by atoms with E-state index in [-0.39, 0.29) is 50.5 Å². The van der Waals surface area contributed by atoms with E-state index in [9.17, 15) is 60.7 Å². The number of aliphatic hydroxyl groups is 10. The molecule has 1 aliphatic carbocycles. The van der Waals surface area contributed by atoms with E-state index in [2.05, 4.69) is 11.9 Å². The number of aliphatic hydroxyl groups excluding tert-OH is 9. The lowest BCUT2D eigenvalue weighted by molar-refractivity contribution is -0.306. The van der Waals surface area contributed by atoms with Gasteiger partial charge in [-0.3, -0.25) is 4.79 Å². The summed E-state index contributed by atoms with van der Waals surface area (Å²) in [6, 6.07) is 14.4. The summed E-state index contributed by atoms with van der Waals surface area (Å²) in [6.45, 7) is 10.7. The Balaban J connectivity index is 1.18. The van der Waals surface area contributed by atoms with E-state index >= 15 is 0 Å². The first-order valence-corrected chi connectivity index (χ1v) is 28.1. The average molecular weight is 1130 g/mol. The first-order chi connectivity index (χ1) is 38.7. The number of carbonyl (C=O) groups is 2. The minimum Gasteiger partial charge on any atom is -0.462 e. The Morgan fingerprint density at radius 3 is 1.85 bits per heavy atom. The van der Waals surface area contributed by atoms with Crippen LogP contribution in [-0.2, 0) is 28.5 Å². The summed E-state index contributed by atoms with van der Waals surface area (Å²) in [5, 5.41) is 114. The number of alkyl carbamates (subject to hydrolysis) is 1. The van der Waals surface area contributed by atoms with Gasteiger partial charge in [0.2, 0.25) is 0 Å². The van der Waals surface area contributed by atoms with Crippen LogP contribution in [0, 0.1) is 17.8 Å². The number of allylic oxidation sites excluding steroid dienone is 12. The number of hydrogen-bond acceptors (Lipinski definition) is 17. The molecule has 19 atom stereocenters. The predicted octanol–water partition coefficient (Wildman–Crippen LogP) is 5.39. The molecule has 4 aliphatic rings. The van der Waals surface area contributed by atoms with E-state index in [0.717, 1.165) is 22.3 Å². The van der Waals surface area contributed by atoms with Crippen molar-refractivity contribution in [2.24, 2.45) is 17.8 Å². The van der Waals surface area contributed by atoms with Crippen LogP contribution in [0.3, 0.4) is 0 Å². The number of hydrogen-bond donors (Lipinski definition) is 11. The van der Waals surface area contributed by atoms with Crippen molar-refractivity contribution in [2.75, 3.05) is 6.61 Å². The van der Waals surface area contributed by atoms with Gasteiger partial charge < -0.3 is 80.1 Å². The number of carbonyl (C=O) groups excluding carboxylic acids is 2. The van der Waals surface area contributed by atoms with Crippen LogP contribution in [0.5, 0.6) is 0 Å². The maximum Gasteiger partial charge on any atom is 0.407 e. The van der Waals surface area contributed by atoms with Crippen molar-refractivity contribution in [2.45, 2.75) is 182 Å². The summed E-state index contributed by atoms with van der Waals surface area (Å²) in [4.78, 5) is 26.2. The van der Waals surface area contributed by atoms with Crippen molar-refractivity contribution < 1.29 is 84.3 Å². The number of rotatable bonds is 6. The van der Waals surface area contributed by atoms with Crippen molar-refractivity contribution in [3.05, 3.63) is 157 Å². The van der Waals surface area contributed by atoms with Gasteiger partial charge in [0.25, 0.3) is 0 Å². The lowest BCUT2D eigenvalue weighted by atomic mass is 9.82. The van der Waals surface area contributed by atoms with Gasteiger partial charge >= 0.3 is 12.1 Å². The molecule has 1 amide bonds. The molecule has 2 aromatic carbocycles. The van der Waals surface area contributed by atoms with E-state index < -0.39 is 141 Å². The van der Waals surface area contributed by atoms with Crippen LogP contribution in [0.1, 0.15) is 96.1 Å². The van der Waals surface area contributed by atoms with Gasteiger partial charge in [-0.05, 0) is 55.4 Å². The molecule has 2 fully saturated rings. The molecule has 2 bridgehead atoms. The number of amides is 1. The summed E-state index contributed by atoms with van der Waals surface area (Å²) < 4.78 is 30.0. The van der Waals surface area contributed by atoms with Crippen LogP contribution >= 0.6 is 0 Å². The molecule has 0 spiro atoms. The highest BCUT2D eigenvalue weighted by atomic mass is 16.7. The summed E-state index contributed by atoms with van der Waals surface area (Å²) in [7, 11) is 0. The van der Waals surface area contributed by atoms with Gasteiger partial charge in [-0.1, -0.05) is 154 Å². The Bertz CT molecular complexity index is 2500. The normalized spacial score (nSPS) is 36.5.